The minimum atomic E-state index is -2.43. The van der Waals surface area contributed by atoms with Gasteiger partial charge >= 0.3 is 0 Å². The second kappa shape index (κ2) is 11.7. The number of nitrogens with zero attached hydrogens (tertiary/aromatic N) is 4. The number of benzene rings is 2. The number of carbonyl (C=O) groups is 3. The van der Waals surface area contributed by atoms with E-state index < -0.39 is 7.14 Å². The predicted octanol–water partition coefficient (Wildman–Crippen LogP) is 5.08. The Balaban J connectivity index is 1.51. The van der Waals surface area contributed by atoms with Crippen LogP contribution in [-0.4, -0.2) is 69.8 Å². The van der Waals surface area contributed by atoms with Crippen LogP contribution in [0.15, 0.2) is 42.5 Å². The molecule has 0 spiro atoms. The first-order chi connectivity index (χ1) is 18.5. The van der Waals surface area contributed by atoms with Gasteiger partial charge in [0.1, 0.15) is 25.3 Å². The minimum Gasteiger partial charge on any atom is -0.492 e. The van der Waals surface area contributed by atoms with Gasteiger partial charge in [-0.15, -0.1) is 0 Å². The van der Waals surface area contributed by atoms with Crippen LogP contribution in [-0.2, 0) is 22.4 Å². The van der Waals surface area contributed by atoms with Gasteiger partial charge in [0.15, 0.2) is 0 Å². The van der Waals surface area contributed by atoms with Gasteiger partial charge in [0.2, 0.25) is 5.91 Å². The van der Waals surface area contributed by atoms with Gasteiger partial charge in [-0.2, -0.15) is 0 Å². The number of hydrogen-bond donors (Lipinski definition) is 0. The van der Waals surface area contributed by atoms with Crippen LogP contribution in [0.4, 0.5) is 0 Å². The molecule has 208 valence electrons. The number of rotatable bonds is 12. The Labute approximate surface area is 229 Å². The molecule has 0 bridgehead atoms. The van der Waals surface area contributed by atoms with Crippen molar-refractivity contribution in [1.82, 2.24) is 19.4 Å². The van der Waals surface area contributed by atoms with Gasteiger partial charge in [-0.3, -0.25) is 19.3 Å². The van der Waals surface area contributed by atoms with Crippen LogP contribution >= 0.6 is 7.14 Å². The van der Waals surface area contributed by atoms with E-state index in [4.69, 9.17) is 9.72 Å². The Hall–Kier alpha value is -3.45. The normalized spacial score (nSPS) is 13.4. The summed E-state index contributed by atoms with van der Waals surface area (Å²) in [4.78, 5) is 46.2. The average Bonchev–Trinajstić information content (AvgIpc) is 3.32. The topological polar surface area (TPSA) is 102 Å². The highest BCUT2D eigenvalue weighted by Gasteiger charge is 2.36. The Bertz CT molecular complexity index is 1410. The highest BCUT2D eigenvalue weighted by Crippen LogP contribution is 2.36. The first-order valence-corrected chi connectivity index (χ1v) is 16.2. The van der Waals surface area contributed by atoms with E-state index in [-0.39, 0.29) is 43.1 Å². The summed E-state index contributed by atoms with van der Waals surface area (Å²) in [6.07, 6.45) is 1.47. The van der Waals surface area contributed by atoms with E-state index in [2.05, 4.69) is 6.92 Å². The van der Waals surface area contributed by atoms with Crippen molar-refractivity contribution in [3.8, 4) is 5.75 Å². The molecule has 0 unspecified atom stereocenters. The fourth-order valence-corrected chi connectivity index (χ4v) is 5.92. The van der Waals surface area contributed by atoms with Crippen molar-refractivity contribution in [1.29, 1.82) is 0 Å². The van der Waals surface area contributed by atoms with E-state index in [1.54, 1.807) is 42.5 Å². The lowest BCUT2D eigenvalue weighted by atomic mass is 10.1. The molecule has 0 aliphatic carbocycles. The molecule has 10 heteroatoms. The zero-order valence-electron chi connectivity index (χ0n) is 23.3. The molecular weight excluding hydrogens is 515 g/mol. The summed E-state index contributed by atoms with van der Waals surface area (Å²) in [5.41, 5.74) is 2.42. The van der Waals surface area contributed by atoms with Crippen molar-refractivity contribution < 1.29 is 23.7 Å². The molecule has 1 aliphatic rings. The van der Waals surface area contributed by atoms with Crippen molar-refractivity contribution in [2.45, 2.75) is 46.7 Å². The molecule has 0 fully saturated rings. The van der Waals surface area contributed by atoms with Gasteiger partial charge in [0.05, 0.1) is 41.5 Å². The fourth-order valence-electron chi connectivity index (χ4n) is 4.80. The van der Waals surface area contributed by atoms with Gasteiger partial charge < -0.3 is 18.8 Å². The summed E-state index contributed by atoms with van der Waals surface area (Å²) >= 11 is 0. The third kappa shape index (κ3) is 6.59. The van der Waals surface area contributed by atoms with Crippen LogP contribution in [0.3, 0.4) is 0 Å². The zero-order valence-corrected chi connectivity index (χ0v) is 24.2. The largest absolute Gasteiger partial charge is 0.492 e. The lowest BCUT2D eigenvalue weighted by Gasteiger charge is -2.25. The Morgan fingerprint density at radius 1 is 1.08 bits per heavy atom. The van der Waals surface area contributed by atoms with Gasteiger partial charge in [-0.1, -0.05) is 32.9 Å². The third-order valence-corrected chi connectivity index (χ3v) is 7.52. The molecule has 0 N–H and O–H groups in total. The molecule has 2 aromatic carbocycles. The number of imide groups is 1. The SMILES string of the molecule is CCCn1c(CN2C(=O)c3ccccc3C2=O)nc2ccc(OCCN(CP(C)(C)=O)C(=O)CC(C)C)cc21. The van der Waals surface area contributed by atoms with Crippen molar-refractivity contribution in [2.75, 3.05) is 32.8 Å². The first kappa shape index (κ1) is 28.6. The number of aryl methyl sites for hydroxylation is 1. The number of ether oxygens (including phenoxy) is 1. The van der Waals surface area contributed by atoms with E-state index >= 15 is 0 Å². The Kier molecular flexibility index (Phi) is 8.60. The molecule has 39 heavy (non-hydrogen) atoms. The van der Waals surface area contributed by atoms with Crippen molar-refractivity contribution >= 4 is 35.9 Å². The van der Waals surface area contributed by atoms with E-state index in [1.165, 1.54) is 4.90 Å². The van der Waals surface area contributed by atoms with Crippen molar-refractivity contribution in [3.05, 3.63) is 59.4 Å². The fraction of sp³-hybridized carbons (Fsp3) is 0.448. The quantitative estimate of drug-likeness (QED) is 0.230. The van der Waals surface area contributed by atoms with Gasteiger partial charge in [0.25, 0.3) is 11.8 Å². The number of aromatic nitrogens is 2. The number of hydrogen-bond acceptors (Lipinski definition) is 6. The molecule has 1 aromatic heterocycles. The summed E-state index contributed by atoms with van der Waals surface area (Å²) in [5.74, 6) is 0.826. The molecule has 0 atom stereocenters. The average molecular weight is 553 g/mol. The molecule has 0 radical (unpaired) electrons. The molecular formula is C29H37N4O5P. The van der Waals surface area contributed by atoms with Gasteiger partial charge in [-0.05, 0) is 49.9 Å². The molecule has 0 saturated heterocycles. The van der Waals surface area contributed by atoms with Crippen LogP contribution in [0.5, 0.6) is 5.75 Å². The summed E-state index contributed by atoms with van der Waals surface area (Å²) in [6, 6.07) is 12.4. The molecule has 0 saturated carbocycles. The second-order valence-electron chi connectivity index (χ2n) is 10.9. The van der Waals surface area contributed by atoms with Crippen LogP contribution in [0, 0.1) is 5.92 Å². The number of carbonyl (C=O) groups excluding carboxylic acids is 3. The number of fused-ring (bicyclic) bond motifs is 2. The van der Waals surface area contributed by atoms with Crippen LogP contribution < -0.4 is 4.74 Å². The molecule has 1 aliphatic heterocycles. The first-order valence-electron chi connectivity index (χ1n) is 13.4. The molecule has 4 rings (SSSR count). The molecule has 2 heterocycles. The maximum absolute atomic E-state index is 12.9. The zero-order chi connectivity index (χ0) is 28.3. The second-order valence-corrected chi connectivity index (χ2v) is 14.3. The summed E-state index contributed by atoms with van der Waals surface area (Å²) in [7, 11) is -2.43. The van der Waals surface area contributed by atoms with Gasteiger partial charge in [0, 0.05) is 19.0 Å². The Morgan fingerprint density at radius 3 is 2.33 bits per heavy atom. The molecule has 3 amide bonds. The summed E-state index contributed by atoms with van der Waals surface area (Å²) < 4.78 is 20.5. The minimum absolute atomic E-state index is 0.0215. The van der Waals surface area contributed by atoms with Crippen LogP contribution in [0.1, 0.15) is 60.2 Å². The lowest BCUT2D eigenvalue weighted by Crippen LogP contribution is -2.35. The van der Waals surface area contributed by atoms with E-state index in [9.17, 15) is 18.9 Å². The van der Waals surface area contributed by atoms with Crippen molar-refractivity contribution in [2.24, 2.45) is 5.92 Å². The number of imidazole rings is 1. The van der Waals surface area contributed by atoms with E-state index in [0.717, 1.165) is 17.5 Å². The van der Waals surface area contributed by atoms with Crippen molar-refractivity contribution in [3.63, 3.8) is 0 Å². The number of amides is 3. The maximum atomic E-state index is 12.9. The van der Waals surface area contributed by atoms with E-state index in [0.29, 0.717) is 42.2 Å². The van der Waals surface area contributed by atoms with Gasteiger partial charge in [-0.25, -0.2) is 4.98 Å². The highest BCUT2D eigenvalue weighted by molar-refractivity contribution is 7.62. The predicted molar refractivity (Wildman–Crippen MR) is 152 cm³/mol. The Morgan fingerprint density at radius 2 is 1.74 bits per heavy atom. The van der Waals surface area contributed by atoms with Crippen LogP contribution in [0.2, 0.25) is 0 Å². The summed E-state index contributed by atoms with van der Waals surface area (Å²) in [5, 5.41) is 0. The maximum Gasteiger partial charge on any atom is 0.261 e. The monoisotopic (exact) mass is 552 g/mol. The molecule has 3 aromatic rings. The standard InChI is InChI=1S/C29H37N4O5P/c1-6-13-32-25-17-21(38-15-14-31(19-39(4,5)37)27(34)16-20(2)3)11-12-24(25)30-26(32)18-33-28(35)22-9-7-8-10-23(22)29(33)36/h7-12,17,20H,6,13-16,18-19H2,1-5H3. The van der Waals surface area contributed by atoms with E-state index in [1.807, 2.05) is 36.6 Å². The molecule has 9 nitrogen and oxygen atoms in total. The lowest BCUT2D eigenvalue weighted by molar-refractivity contribution is -0.131. The van der Waals surface area contributed by atoms with Crippen LogP contribution in [0.25, 0.3) is 11.0 Å². The third-order valence-electron chi connectivity index (χ3n) is 6.50. The highest BCUT2D eigenvalue weighted by atomic mass is 31.2. The smallest absolute Gasteiger partial charge is 0.261 e. The summed E-state index contributed by atoms with van der Waals surface area (Å²) in [6.45, 7) is 10.8.